The molecule has 0 saturated heterocycles. The van der Waals surface area contributed by atoms with E-state index in [-0.39, 0.29) is 18.1 Å². The van der Waals surface area contributed by atoms with Gasteiger partial charge in [-0.25, -0.2) is 4.98 Å². The molecule has 3 N–H and O–H groups in total. The Balaban J connectivity index is 1.62. The molecule has 1 aromatic carbocycles. The molecule has 0 radical (unpaired) electrons. The van der Waals surface area contributed by atoms with Gasteiger partial charge in [-0.1, -0.05) is 23.7 Å². The van der Waals surface area contributed by atoms with Crippen molar-refractivity contribution in [2.75, 3.05) is 0 Å². The third kappa shape index (κ3) is 5.88. The van der Waals surface area contributed by atoms with Crippen molar-refractivity contribution >= 4 is 34.5 Å². The number of amides is 1. The molecule has 0 saturated carbocycles. The quantitative estimate of drug-likeness (QED) is 0.312. The molecule has 3 heterocycles. The summed E-state index contributed by atoms with van der Waals surface area (Å²) in [7, 11) is 0. The minimum Gasteiger partial charge on any atom is -0.485 e. The van der Waals surface area contributed by atoms with E-state index >= 15 is 0 Å². The number of carbonyl (C=O) groups excluding carboxylic acids is 1. The highest BCUT2D eigenvalue weighted by molar-refractivity contribution is 7.15. The van der Waals surface area contributed by atoms with Crippen LogP contribution in [-0.2, 0) is 17.8 Å². The summed E-state index contributed by atoms with van der Waals surface area (Å²) >= 11 is 8.04. The molecular weight excluding hydrogens is 494 g/mol. The van der Waals surface area contributed by atoms with E-state index in [9.17, 15) is 10.1 Å². The third-order valence-electron chi connectivity index (χ3n) is 5.62. The van der Waals surface area contributed by atoms with Crippen LogP contribution in [0.1, 0.15) is 55.4 Å². The van der Waals surface area contributed by atoms with Crippen LogP contribution in [0.15, 0.2) is 48.8 Å². The molecule has 0 aliphatic heterocycles. The Bertz CT molecular complexity index is 1460. The smallest absolute Gasteiger partial charge is 0.222 e. The number of fused-ring (bicyclic) bond motifs is 1. The first-order chi connectivity index (χ1) is 17.0. The second-order valence-electron chi connectivity index (χ2n) is 9.66. The molecule has 0 bridgehead atoms. The number of nitrogens with two attached hydrogens (primary N) is 1. The topological polar surface area (TPSA) is 105 Å². The number of rotatable bonds is 8. The zero-order chi connectivity index (χ0) is 26.0. The molecule has 0 aliphatic rings. The highest BCUT2D eigenvalue weighted by Crippen LogP contribution is 2.39. The van der Waals surface area contributed by atoms with E-state index in [1.165, 1.54) is 11.3 Å². The van der Waals surface area contributed by atoms with E-state index in [2.05, 4.69) is 37.1 Å². The summed E-state index contributed by atoms with van der Waals surface area (Å²) in [6, 6.07) is 13.5. The van der Waals surface area contributed by atoms with Gasteiger partial charge < -0.3 is 15.8 Å². The third-order valence-corrected chi connectivity index (χ3v) is 7.09. The van der Waals surface area contributed by atoms with Crippen LogP contribution in [0, 0.1) is 11.3 Å². The standard InChI is InChI=1S/C27H28ClN5O2S/c1-16(19-7-5-17(9-20(19)28)13-32-27(2,3)4)35-22-10-23(36-24(22)11-25(30)34)21-14-31-26-8-6-18(12-29)15-33(21)26/h5-10,14-16,32H,11,13H2,1-4H3,(H2,30,34)/t16-/m1/s1. The highest BCUT2D eigenvalue weighted by atomic mass is 35.5. The zero-order valence-electron chi connectivity index (χ0n) is 20.6. The average molecular weight is 522 g/mol. The number of benzene rings is 1. The van der Waals surface area contributed by atoms with Crippen molar-refractivity contribution in [1.82, 2.24) is 14.7 Å². The van der Waals surface area contributed by atoms with Crippen molar-refractivity contribution in [3.8, 4) is 22.4 Å². The molecule has 9 heteroatoms. The van der Waals surface area contributed by atoms with Gasteiger partial charge in [0.25, 0.3) is 0 Å². The van der Waals surface area contributed by atoms with Crippen molar-refractivity contribution in [2.24, 2.45) is 5.73 Å². The van der Waals surface area contributed by atoms with Crippen LogP contribution < -0.4 is 15.8 Å². The summed E-state index contributed by atoms with van der Waals surface area (Å²) in [5.74, 6) is 0.127. The lowest BCUT2D eigenvalue weighted by Crippen LogP contribution is -2.35. The maximum Gasteiger partial charge on any atom is 0.222 e. The van der Waals surface area contributed by atoms with Gasteiger partial charge in [-0.3, -0.25) is 9.20 Å². The van der Waals surface area contributed by atoms with E-state index in [4.69, 9.17) is 22.1 Å². The van der Waals surface area contributed by atoms with E-state index < -0.39 is 5.91 Å². The molecule has 0 aliphatic carbocycles. The molecule has 4 rings (SSSR count). The second-order valence-corrected chi connectivity index (χ2v) is 11.2. The predicted octanol–water partition coefficient (Wildman–Crippen LogP) is 5.64. The number of primary amides is 1. The normalized spacial score (nSPS) is 12.4. The van der Waals surface area contributed by atoms with Crippen molar-refractivity contribution in [2.45, 2.75) is 52.3 Å². The molecule has 0 spiro atoms. The van der Waals surface area contributed by atoms with Gasteiger partial charge in [-0.15, -0.1) is 11.3 Å². The maximum atomic E-state index is 11.8. The number of imidazole rings is 1. The first-order valence-corrected chi connectivity index (χ1v) is 12.7. The predicted molar refractivity (Wildman–Crippen MR) is 143 cm³/mol. The number of nitrogens with zero attached hydrogens (tertiary/aromatic N) is 3. The lowest BCUT2D eigenvalue weighted by atomic mass is 10.1. The summed E-state index contributed by atoms with van der Waals surface area (Å²) in [5.41, 5.74) is 9.51. The molecule has 4 aromatic rings. The molecular formula is C27H28ClN5O2S. The lowest BCUT2D eigenvalue weighted by molar-refractivity contribution is -0.117. The van der Waals surface area contributed by atoms with E-state index in [1.54, 1.807) is 24.5 Å². The summed E-state index contributed by atoms with van der Waals surface area (Å²) < 4.78 is 8.18. The summed E-state index contributed by atoms with van der Waals surface area (Å²) in [6.07, 6.45) is 3.18. The van der Waals surface area contributed by atoms with Crippen LogP contribution in [0.3, 0.4) is 0 Å². The van der Waals surface area contributed by atoms with Crippen LogP contribution in [-0.4, -0.2) is 20.8 Å². The van der Waals surface area contributed by atoms with Gasteiger partial charge in [0.05, 0.1) is 33.6 Å². The number of ether oxygens (including phenoxy) is 1. The number of hydrogen-bond donors (Lipinski definition) is 2. The van der Waals surface area contributed by atoms with Gasteiger partial charge in [0.15, 0.2) is 0 Å². The maximum absolute atomic E-state index is 11.8. The molecule has 1 atom stereocenters. The number of aromatic nitrogens is 2. The number of pyridine rings is 1. The largest absolute Gasteiger partial charge is 0.485 e. The van der Waals surface area contributed by atoms with Crippen molar-refractivity contribution in [1.29, 1.82) is 5.26 Å². The fraction of sp³-hybridized carbons (Fsp3) is 0.296. The number of halogens is 1. The average Bonchev–Trinajstić information content (AvgIpc) is 3.40. The molecule has 0 unspecified atom stereocenters. The Morgan fingerprint density at radius 1 is 1.31 bits per heavy atom. The van der Waals surface area contributed by atoms with Crippen LogP contribution in [0.5, 0.6) is 5.75 Å². The van der Waals surface area contributed by atoms with E-state index in [0.29, 0.717) is 22.9 Å². The van der Waals surface area contributed by atoms with Crippen molar-refractivity contribution < 1.29 is 9.53 Å². The Kier molecular flexibility index (Phi) is 7.36. The first-order valence-electron chi connectivity index (χ1n) is 11.5. The van der Waals surface area contributed by atoms with Gasteiger partial charge in [0.2, 0.25) is 5.91 Å². The molecule has 7 nitrogen and oxygen atoms in total. The molecule has 1 amide bonds. The molecule has 36 heavy (non-hydrogen) atoms. The Hall–Kier alpha value is -3.38. The van der Waals surface area contributed by atoms with Crippen LogP contribution in [0.4, 0.5) is 0 Å². The van der Waals surface area contributed by atoms with Crippen LogP contribution in [0.25, 0.3) is 16.2 Å². The minimum atomic E-state index is -0.445. The highest BCUT2D eigenvalue weighted by Gasteiger charge is 2.20. The fourth-order valence-electron chi connectivity index (χ4n) is 3.78. The molecule has 186 valence electrons. The lowest BCUT2D eigenvalue weighted by Gasteiger charge is -2.21. The van der Waals surface area contributed by atoms with E-state index in [0.717, 1.165) is 32.2 Å². The first kappa shape index (κ1) is 25.7. The minimum absolute atomic E-state index is 0.00600. The SMILES string of the molecule is C[C@@H](Oc1cc(-c2cnc3ccc(C#N)cn23)sc1CC(N)=O)c1ccc(CNC(C)(C)C)cc1Cl. The number of nitriles is 1. The van der Waals surface area contributed by atoms with Gasteiger partial charge in [0, 0.05) is 34.9 Å². The summed E-state index contributed by atoms with van der Waals surface area (Å²) in [4.78, 5) is 17.8. The van der Waals surface area contributed by atoms with E-state index in [1.807, 2.05) is 35.6 Å². The Labute approximate surface area is 219 Å². The molecule has 0 fully saturated rings. The van der Waals surface area contributed by atoms with Crippen molar-refractivity contribution in [3.63, 3.8) is 0 Å². The van der Waals surface area contributed by atoms with Gasteiger partial charge >= 0.3 is 0 Å². The summed E-state index contributed by atoms with van der Waals surface area (Å²) in [6.45, 7) is 8.99. The summed E-state index contributed by atoms with van der Waals surface area (Å²) in [5, 5.41) is 13.4. The number of nitrogens with one attached hydrogen (secondary N) is 1. The van der Waals surface area contributed by atoms with Gasteiger partial charge in [-0.2, -0.15) is 5.26 Å². The monoisotopic (exact) mass is 521 g/mol. The van der Waals surface area contributed by atoms with Crippen LogP contribution >= 0.6 is 22.9 Å². The number of thiophene rings is 1. The Morgan fingerprint density at radius 2 is 2.08 bits per heavy atom. The second kappa shape index (κ2) is 10.3. The van der Waals surface area contributed by atoms with Crippen LogP contribution in [0.2, 0.25) is 5.02 Å². The molecule has 3 aromatic heterocycles. The fourth-order valence-corrected chi connectivity index (χ4v) is 5.25. The van der Waals surface area contributed by atoms with Gasteiger partial charge in [-0.05, 0) is 51.5 Å². The zero-order valence-corrected chi connectivity index (χ0v) is 22.2. The van der Waals surface area contributed by atoms with Gasteiger partial charge in [0.1, 0.15) is 23.6 Å². The number of hydrogen-bond acceptors (Lipinski definition) is 6. The Morgan fingerprint density at radius 3 is 2.75 bits per heavy atom. The number of carbonyl (C=O) groups is 1. The van der Waals surface area contributed by atoms with Crippen molar-refractivity contribution in [3.05, 3.63) is 75.4 Å².